The molecule has 0 bridgehead atoms. The minimum Gasteiger partial charge on any atom is -0.490 e. The summed E-state index contributed by atoms with van der Waals surface area (Å²) in [5, 5.41) is 39.4. The Bertz CT molecular complexity index is 2510. The minimum absolute atomic E-state index is 0.0381. The SMILES string of the molecule is CCc1cnn2c(NCc3ccc(OCCCN4CCN(CC5CCN(c6ccc(C(=O)NC7CCC(Oc8ccc(C#N)c(Cl)c8)CC7)nn6)CC5)CC4)nc3)cc(N3CCCC[C@H]3CCO)nc12. The second-order valence-corrected chi connectivity index (χ2v) is 19.7. The lowest BCUT2D eigenvalue weighted by Crippen LogP contribution is -2.49. The number of ether oxygens (including phenoxy) is 2. The maximum atomic E-state index is 13.1. The number of amides is 1. The number of nitrogens with zero attached hydrogens (tertiary/aromatic N) is 11. The molecule has 1 atom stereocenters. The molecular weight excluding hydrogens is 906 g/mol. The Morgan fingerprint density at radius 3 is 2.46 bits per heavy atom. The molecule has 372 valence electrons. The number of aliphatic hydroxyl groups is 1. The van der Waals surface area contributed by atoms with Crippen molar-refractivity contribution in [1.29, 1.82) is 5.26 Å². The Morgan fingerprint density at radius 1 is 0.900 bits per heavy atom. The molecular formula is C52H68ClN13O4. The molecule has 4 aliphatic rings. The molecule has 1 saturated carbocycles. The number of carbonyl (C=O) groups excluding carboxylic acids is 1. The maximum Gasteiger partial charge on any atom is 0.272 e. The van der Waals surface area contributed by atoms with Crippen LogP contribution in [0.25, 0.3) is 5.65 Å². The maximum absolute atomic E-state index is 13.1. The normalized spacial score (nSPS) is 20.6. The van der Waals surface area contributed by atoms with Crippen LogP contribution in [0.1, 0.15) is 105 Å². The molecule has 3 saturated heterocycles. The van der Waals surface area contributed by atoms with Gasteiger partial charge in [-0.2, -0.15) is 14.9 Å². The van der Waals surface area contributed by atoms with E-state index in [1.807, 2.05) is 29.0 Å². The number of piperidine rings is 2. The summed E-state index contributed by atoms with van der Waals surface area (Å²) in [6.45, 7) is 12.8. The van der Waals surface area contributed by atoms with Crippen molar-refractivity contribution in [1.82, 2.24) is 44.9 Å². The van der Waals surface area contributed by atoms with Gasteiger partial charge < -0.3 is 44.8 Å². The van der Waals surface area contributed by atoms with Gasteiger partial charge in [0.05, 0.1) is 29.5 Å². The third kappa shape index (κ3) is 12.6. The van der Waals surface area contributed by atoms with E-state index in [-0.39, 0.29) is 24.7 Å². The van der Waals surface area contributed by atoms with Crippen molar-refractivity contribution in [2.75, 3.05) is 87.2 Å². The van der Waals surface area contributed by atoms with Gasteiger partial charge >= 0.3 is 0 Å². The molecule has 7 heterocycles. The van der Waals surface area contributed by atoms with Crippen LogP contribution in [0.5, 0.6) is 11.6 Å². The summed E-state index contributed by atoms with van der Waals surface area (Å²) in [6.07, 6.45) is 15.2. The summed E-state index contributed by atoms with van der Waals surface area (Å²) in [7, 11) is 0. The molecule has 17 nitrogen and oxygen atoms in total. The van der Waals surface area contributed by atoms with Crippen LogP contribution in [0, 0.1) is 17.2 Å². The van der Waals surface area contributed by atoms with Gasteiger partial charge in [-0.05, 0) is 113 Å². The number of aromatic nitrogens is 6. The molecule has 1 amide bonds. The average Bonchev–Trinajstić information content (AvgIpc) is 3.82. The van der Waals surface area contributed by atoms with E-state index >= 15 is 0 Å². The summed E-state index contributed by atoms with van der Waals surface area (Å²) in [5.74, 6) is 4.42. The topological polar surface area (TPSA) is 185 Å². The highest BCUT2D eigenvalue weighted by Gasteiger charge is 2.28. The van der Waals surface area contributed by atoms with Gasteiger partial charge in [-0.15, -0.1) is 10.2 Å². The Labute approximate surface area is 416 Å². The molecule has 4 fully saturated rings. The fourth-order valence-electron chi connectivity index (χ4n) is 10.5. The van der Waals surface area contributed by atoms with Crippen LogP contribution in [0.15, 0.2) is 60.9 Å². The number of rotatable bonds is 19. The number of pyridine rings is 1. The summed E-state index contributed by atoms with van der Waals surface area (Å²) in [5.41, 5.74) is 3.81. The molecule has 5 aromatic rings. The zero-order chi connectivity index (χ0) is 48.2. The van der Waals surface area contributed by atoms with Crippen LogP contribution in [-0.2, 0) is 13.0 Å². The summed E-state index contributed by atoms with van der Waals surface area (Å²) in [6, 6.07) is 17.4. The number of anilines is 3. The van der Waals surface area contributed by atoms with Gasteiger partial charge in [-0.3, -0.25) is 4.79 Å². The van der Waals surface area contributed by atoms with Crippen molar-refractivity contribution in [3.63, 3.8) is 0 Å². The number of hydrogen-bond donors (Lipinski definition) is 3. The van der Waals surface area contributed by atoms with Gasteiger partial charge in [0.1, 0.15) is 23.5 Å². The molecule has 3 N–H and O–H groups in total. The number of hydrogen-bond acceptors (Lipinski definition) is 15. The van der Waals surface area contributed by atoms with Crippen molar-refractivity contribution in [2.45, 2.75) is 109 Å². The van der Waals surface area contributed by atoms with E-state index in [2.05, 4.69) is 75.6 Å². The number of fused-ring (bicyclic) bond motifs is 1. The number of piperazine rings is 1. The fraction of sp³-hybridized carbons (Fsp3) is 0.558. The minimum atomic E-state index is -0.195. The summed E-state index contributed by atoms with van der Waals surface area (Å²) < 4.78 is 14.1. The Kier molecular flexibility index (Phi) is 16.8. The van der Waals surface area contributed by atoms with Crippen molar-refractivity contribution in [3.05, 3.63) is 88.3 Å². The molecule has 4 aromatic heterocycles. The molecule has 0 spiro atoms. The number of nitriles is 1. The Balaban J connectivity index is 0.638. The third-order valence-electron chi connectivity index (χ3n) is 14.6. The van der Waals surface area contributed by atoms with Crippen molar-refractivity contribution >= 4 is 40.6 Å². The number of benzene rings is 1. The van der Waals surface area contributed by atoms with Crippen LogP contribution in [0.4, 0.5) is 17.5 Å². The number of nitrogens with one attached hydrogen (secondary N) is 2. The van der Waals surface area contributed by atoms with Crippen LogP contribution in [0.3, 0.4) is 0 Å². The predicted octanol–water partition coefficient (Wildman–Crippen LogP) is 6.78. The van der Waals surface area contributed by atoms with Gasteiger partial charge in [0, 0.05) is 114 Å². The van der Waals surface area contributed by atoms with Crippen LogP contribution >= 0.6 is 11.6 Å². The van der Waals surface area contributed by atoms with Crippen molar-refractivity contribution in [3.8, 4) is 17.7 Å². The van der Waals surface area contributed by atoms with Crippen LogP contribution in [-0.4, -0.2) is 141 Å². The Morgan fingerprint density at radius 2 is 1.73 bits per heavy atom. The zero-order valence-corrected chi connectivity index (χ0v) is 41.3. The predicted molar refractivity (Wildman–Crippen MR) is 271 cm³/mol. The van der Waals surface area contributed by atoms with Gasteiger partial charge in [0.2, 0.25) is 5.88 Å². The smallest absolute Gasteiger partial charge is 0.272 e. The third-order valence-corrected chi connectivity index (χ3v) is 14.9. The van der Waals surface area contributed by atoms with Crippen molar-refractivity contribution < 1.29 is 19.4 Å². The van der Waals surface area contributed by atoms with Gasteiger partial charge in [-0.25, -0.2) is 9.97 Å². The largest absolute Gasteiger partial charge is 0.490 e. The average molecular weight is 975 g/mol. The zero-order valence-electron chi connectivity index (χ0n) is 40.5. The van der Waals surface area contributed by atoms with Crippen molar-refractivity contribution in [2.24, 2.45) is 5.92 Å². The molecule has 9 rings (SSSR count). The molecule has 70 heavy (non-hydrogen) atoms. The first-order valence-corrected chi connectivity index (χ1v) is 26.0. The van der Waals surface area contributed by atoms with E-state index in [1.165, 1.54) is 6.42 Å². The highest BCUT2D eigenvalue weighted by Crippen LogP contribution is 2.31. The van der Waals surface area contributed by atoms with Gasteiger partial charge in [0.15, 0.2) is 17.2 Å². The molecule has 18 heteroatoms. The molecule has 1 aromatic carbocycles. The highest BCUT2D eigenvalue weighted by atomic mass is 35.5. The molecule has 0 unspecified atom stereocenters. The number of aryl methyl sites for hydroxylation is 1. The molecule has 0 radical (unpaired) electrons. The standard InChI is InChI=1S/C52H68ClN13O4/c1-2-39-35-57-66-48(31-49(59-51(39)66)65-21-4-3-6-42(65)19-28-67)55-33-38-7-16-50(56-34-38)69-29-5-20-62-24-26-63(27-25-62)36-37-17-22-64(23-18-37)47-15-14-46(60-61-47)52(68)58-41-9-12-43(13-10-41)70-44-11-8-40(32-54)45(53)30-44/h7-8,11,14-16,30-31,34-35,37,41-43,55,67H,2-6,9-10,12-13,17-29,33,36H2,1H3,(H,58,68)/t41?,42-,43?/m0/s1. The van der Waals surface area contributed by atoms with E-state index in [0.29, 0.717) is 53.0 Å². The lowest BCUT2D eigenvalue weighted by molar-refractivity contribution is 0.0888. The first-order chi connectivity index (χ1) is 34.3. The highest BCUT2D eigenvalue weighted by molar-refractivity contribution is 6.31. The van der Waals surface area contributed by atoms with E-state index in [9.17, 15) is 9.90 Å². The first-order valence-electron chi connectivity index (χ1n) is 25.6. The van der Waals surface area contributed by atoms with E-state index in [0.717, 1.165) is 164 Å². The van der Waals surface area contributed by atoms with Gasteiger partial charge in [0.25, 0.3) is 5.91 Å². The quantitative estimate of drug-likeness (QED) is 0.0736. The van der Waals surface area contributed by atoms with Gasteiger partial charge in [-0.1, -0.05) is 24.6 Å². The van der Waals surface area contributed by atoms with E-state index in [1.54, 1.807) is 24.3 Å². The monoisotopic (exact) mass is 974 g/mol. The number of halogens is 1. The Hall–Kier alpha value is -5.80. The van der Waals surface area contributed by atoms with Crippen LogP contribution in [0.2, 0.25) is 5.02 Å². The first kappa shape index (κ1) is 49.2. The molecule has 1 aliphatic carbocycles. The lowest BCUT2D eigenvalue weighted by Gasteiger charge is -2.39. The summed E-state index contributed by atoms with van der Waals surface area (Å²) >= 11 is 6.17. The molecule has 3 aliphatic heterocycles. The second kappa shape index (κ2) is 23.9. The number of carbonyl (C=O) groups is 1. The lowest BCUT2D eigenvalue weighted by atomic mass is 9.93. The van der Waals surface area contributed by atoms with E-state index < -0.39 is 0 Å². The van der Waals surface area contributed by atoms with E-state index in [4.69, 9.17) is 31.3 Å². The summed E-state index contributed by atoms with van der Waals surface area (Å²) in [4.78, 5) is 32.6. The second-order valence-electron chi connectivity index (χ2n) is 19.3. The number of aliphatic hydroxyl groups excluding tert-OH is 1. The fourth-order valence-corrected chi connectivity index (χ4v) is 10.7. The van der Waals surface area contributed by atoms with Crippen LogP contribution < -0.4 is 29.9 Å².